The monoisotopic (exact) mass is 270 g/mol. The third-order valence-corrected chi connectivity index (χ3v) is 3.55. The quantitative estimate of drug-likeness (QED) is 0.850. The van der Waals surface area contributed by atoms with E-state index in [4.69, 9.17) is 5.73 Å². The molecular weight excluding hydrogens is 248 g/mol. The van der Waals surface area contributed by atoms with Crippen molar-refractivity contribution in [2.45, 2.75) is 39.7 Å². The minimum absolute atomic E-state index is 0.0869. The lowest BCUT2D eigenvalue weighted by molar-refractivity contribution is 0.682. The number of aromatic nitrogens is 2. The van der Waals surface area contributed by atoms with Gasteiger partial charge in [0.25, 0.3) is 0 Å². The molecule has 1 rings (SSSR count). The van der Waals surface area contributed by atoms with E-state index in [1.54, 1.807) is 6.26 Å². The van der Waals surface area contributed by atoms with E-state index in [-0.39, 0.29) is 12.0 Å². The van der Waals surface area contributed by atoms with Crippen LogP contribution in [0.4, 0.5) is 11.6 Å². The van der Waals surface area contributed by atoms with Crippen LogP contribution < -0.4 is 11.1 Å². The van der Waals surface area contributed by atoms with Crippen LogP contribution in [-0.2, 0) is 10.8 Å². The Morgan fingerprint density at radius 1 is 1.33 bits per heavy atom. The third kappa shape index (κ3) is 3.94. The van der Waals surface area contributed by atoms with E-state index in [9.17, 15) is 4.21 Å². The van der Waals surface area contributed by atoms with Gasteiger partial charge in [0, 0.05) is 40.3 Å². The molecule has 0 aromatic carbocycles. The van der Waals surface area contributed by atoms with E-state index in [2.05, 4.69) is 15.3 Å². The van der Waals surface area contributed by atoms with Crippen molar-refractivity contribution in [1.82, 2.24) is 9.97 Å². The predicted octanol–water partition coefficient (Wildman–Crippen LogP) is 1.67. The van der Waals surface area contributed by atoms with Gasteiger partial charge in [-0.3, -0.25) is 4.21 Å². The first-order valence-corrected chi connectivity index (χ1v) is 7.74. The first kappa shape index (κ1) is 14.9. The fourth-order valence-corrected chi connectivity index (χ4v) is 2.37. The lowest BCUT2D eigenvalue weighted by Crippen LogP contribution is -2.24. The van der Waals surface area contributed by atoms with Gasteiger partial charge in [-0.05, 0) is 13.8 Å². The highest BCUT2D eigenvalue weighted by molar-refractivity contribution is 7.84. The van der Waals surface area contributed by atoms with E-state index in [0.29, 0.717) is 11.6 Å². The van der Waals surface area contributed by atoms with Crippen LogP contribution in [0.3, 0.4) is 0 Å². The highest BCUT2D eigenvalue weighted by Gasteiger charge is 2.13. The van der Waals surface area contributed by atoms with E-state index in [1.807, 2.05) is 27.7 Å². The van der Waals surface area contributed by atoms with E-state index in [1.165, 1.54) is 0 Å². The third-order valence-electron chi connectivity index (χ3n) is 2.58. The number of anilines is 2. The average Bonchev–Trinajstić information content (AvgIpc) is 2.22. The minimum atomic E-state index is -0.833. The maximum absolute atomic E-state index is 11.2. The maximum atomic E-state index is 11.2. The smallest absolute Gasteiger partial charge is 0.135 e. The molecule has 0 radical (unpaired) electrons. The van der Waals surface area contributed by atoms with Crippen LogP contribution in [0.5, 0.6) is 0 Å². The number of nitrogens with zero attached hydrogens (tertiary/aromatic N) is 2. The van der Waals surface area contributed by atoms with Gasteiger partial charge in [-0.15, -0.1) is 0 Å². The molecule has 0 aliphatic rings. The van der Waals surface area contributed by atoms with Crippen molar-refractivity contribution in [1.29, 1.82) is 0 Å². The normalized spacial score (nSPS) is 14.6. The summed E-state index contributed by atoms with van der Waals surface area (Å²) >= 11 is 0. The van der Waals surface area contributed by atoms with Crippen molar-refractivity contribution in [3.63, 3.8) is 0 Å². The second-order valence-corrected chi connectivity index (χ2v) is 6.36. The summed E-state index contributed by atoms with van der Waals surface area (Å²) in [6.07, 6.45) is 1.69. The summed E-state index contributed by atoms with van der Waals surface area (Å²) in [5.74, 6) is 2.78. The number of nitrogen functional groups attached to an aromatic ring is 1. The van der Waals surface area contributed by atoms with Crippen molar-refractivity contribution < 1.29 is 4.21 Å². The molecule has 18 heavy (non-hydrogen) atoms. The molecule has 2 atom stereocenters. The van der Waals surface area contributed by atoms with Gasteiger partial charge in [-0.2, -0.15) is 0 Å². The Morgan fingerprint density at radius 3 is 2.44 bits per heavy atom. The summed E-state index contributed by atoms with van der Waals surface area (Å²) in [6, 6.07) is 0.0869. The summed E-state index contributed by atoms with van der Waals surface area (Å²) in [7, 11) is -0.833. The largest absolute Gasteiger partial charge is 0.383 e. The fourth-order valence-electron chi connectivity index (χ4n) is 1.58. The minimum Gasteiger partial charge on any atom is -0.383 e. The fraction of sp³-hybridized carbons (Fsp3) is 0.667. The predicted molar refractivity (Wildman–Crippen MR) is 77.3 cm³/mol. The van der Waals surface area contributed by atoms with Gasteiger partial charge < -0.3 is 11.1 Å². The zero-order valence-electron chi connectivity index (χ0n) is 11.7. The first-order chi connectivity index (χ1) is 8.31. The summed E-state index contributed by atoms with van der Waals surface area (Å²) in [5.41, 5.74) is 6.73. The van der Waals surface area contributed by atoms with Crippen LogP contribution >= 0.6 is 0 Å². The standard InChI is InChI=1S/C12H22N4OS/c1-7(2)11-15-10(13)9(4)12(16-11)14-8(3)6-18(5)17/h7-8H,6H2,1-5H3,(H3,13,14,15,16). The van der Waals surface area contributed by atoms with Gasteiger partial charge in [0.05, 0.1) is 0 Å². The average molecular weight is 270 g/mol. The number of nitrogens with two attached hydrogens (primary N) is 1. The van der Waals surface area contributed by atoms with E-state index >= 15 is 0 Å². The topological polar surface area (TPSA) is 80.9 Å². The van der Waals surface area contributed by atoms with Crippen molar-refractivity contribution in [2.75, 3.05) is 23.1 Å². The molecule has 5 nitrogen and oxygen atoms in total. The van der Waals surface area contributed by atoms with E-state index in [0.717, 1.165) is 17.2 Å². The molecule has 0 spiro atoms. The van der Waals surface area contributed by atoms with Gasteiger partial charge in [0.1, 0.15) is 17.5 Å². The molecule has 1 heterocycles. The van der Waals surface area contributed by atoms with Crippen LogP contribution in [-0.4, -0.2) is 32.2 Å². The van der Waals surface area contributed by atoms with Crippen molar-refractivity contribution in [3.05, 3.63) is 11.4 Å². The van der Waals surface area contributed by atoms with Crippen molar-refractivity contribution >= 4 is 22.4 Å². The Balaban J connectivity index is 2.97. The Morgan fingerprint density at radius 2 is 1.94 bits per heavy atom. The molecule has 0 bridgehead atoms. The SMILES string of the molecule is Cc1c(N)nc(C(C)C)nc1NC(C)CS(C)=O. The zero-order chi connectivity index (χ0) is 13.9. The highest BCUT2D eigenvalue weighted by Crippen LogP contribution is 2.21. The van der Waals surface area contributed by atoms with Gasteiger partial charge in [0.15, 0.2) is 0 Å². The first-order valence-electron chi connectivity index (χ1n) is 6.01. The summed E-state index contributed by atoms with van der Waals surface area (Å²) in [5, 5.41) is 3.25. The van der Waals surface area contributed by atoms with Gasteiger partial charge in [0.2, 0.25) is 0 Å². The molecule has 1 aromatic heterocycles. The molecule has 0 aliphatic heterocycles. The van der Waals surface area contributed by atoms with E-state index < -0.39 is 10.8 Å². The van der Waals surface area contributed by atoms with Crippen LogP contribution in [0.1, 0.15) is 38.1 Å². The molecule has 102 valence electrons. The maximum Gasteiger partial charge on any atom is 0.135 e. The molecular formula is C12H22N4OS. The van der Waals surface area contributed by atoms with Gasteiger partial charge in [-0.1, -0.05) is 13.8 Å². The molecule has 0 saturated heterocycles. The molecule has 0 saturated carbocycles. The second-order valence-electron chi connectivity index (χ2n) is 4.88. The Bertz CT molecular complexity index is 448. The van der Waals surface area contributed by atoms with Crippen molar-refractivity contribution in [2.24, 2.45) is 0 Å². The van der Waals surface area contributed by atoms with Gasteiger partial charge >= 0.3 is 0 Å². The van der Waals surface area contributed by atoms with Crippen LogP contribution in [0.25, 0.3) is 0 Å². The Kier molecular flexibility index (Phi) is 5.07. The second kappa shape index (κ2) is 6.13. The summed E-state index contributed by atoms with van der Waals surface area (Å²) in [6.45, 7) is 7.92. The zero-order valence-corrected chi connectivity index (χ0v) is 12.5. The van der Waals surface area contributed by atoms with Gasteiger partial charge in [-0.25, -0.2) is 9.97 Å². The molecule has 6 heteroatoms. The highest BCUT2D eigenvalue weighted by atomic mass is 32.2. The lowest BCUT2D eigenvalue weighted by Gasteiger charge is -2.17. The lowest BCUT2D eigenvalue weighted by atomic mass is 10.2. The van der Waals surface area contributed by atoms with Crippen LogP contribution in [0.15, 0.2) is 0 Å². The molecule has 2 unspecified atom stereocenters. The summed E-state index contributed by atoms with van der Waals surface area (Å²) in [4.78, 5) is 8.75. The number of hydrogen-bond donors (Lipinski definition) is 2. The molecule has 0 amide bonds. The van der Waals surface area contributed by atoms with Crippen LogP contribution in [0.2, 0.25) is 0 Å². The Hall–Kier alpha value is -1.17. The Labute approximate surface area is 111 Å². The number of hydrogen-bond acceptors (Lipinski definition) is 5. The summed E-state index contributed by atoms with van der Waals surface area (Å²) < 4.78 is 11.2. The molecule has 0 aliphatic carbocycles. The number of nitrogens with one attached hydrogen (secondary N) is 1. The van der Waals surface area contributed by atoms with Crippen LogP contribution in [0, 0.1) is 6.92 Å². The number of rotatable bonds is 5. The van der Waals surface area contributed by atoms with Crippen molar-refractivity contribution in [3.8, 4) is 0 Å². The molecule has 3 N–H and O–H groups in total. The molecule has 0 fully saturated rings. The molecule has 1 aromatic rings.